The molecule has 10 rings (SSSR count). The number of imidazole rings is 1. The van der Waals surface area contributed by atoms with E-state index in [1.807, 2.05) is 48.5 Å². The maximum atomic E-state index is 6.75. The molecule has 0 bridgehead atoms. The van der Waals surface area contributed by atoms with Crippen molar-refractivity contribution in [3.63, 3.8) is 0 Å². The van der Waals surface area contributed by atoms with Gasteiger partial charge in [0.05, 0.1) is 22.4 Å². The third kappa shape index (κ3) is 8.56. The third-order valence-corrected chi connectivity index (χ3v) is 11.7. The zero-order valence-electron chi connectivity index (χ0n) is 36.9. The number of hydrogen-bond acceptors (Lipinski definition) is 3. The van der Waals surface area contributed by atoms with Crippen molar-refractivity contribution in [2.45, 2.75) is 65.7 Å². The van der Waals surface area contributed by atoms with Gasteiger partial charge in [-0.3, -0.25) is 4.98 Å². The molecule has 0 spiro atoms. The molecule has 63 heavy (non-hydrogen) atoms. The van der Waals surface area contributed by atoms with Crippen molar-refractivity contribution in [3.8, 4) is 50.6 Å². The second-order valence-electron chi connectivity index (χ2n) is 17.6. The number of para-hydroxylation sites is 3. The van der Waals surface area contributed by atoms with Gasteiger partial charge >= 0.3 is 0 Å². The molecule has 0 atom stereocenters. The van der Waals surface area contributed by atoms with Gasteiger partial charge in [-0.15, -0.1) is 53.6 Å². The van der Waals surface area contributed by atoms with Crippen molar-refractivity contribution < 1.29 is 24.5 Å². The molecule has 0 aliphatic heterocycles. The van der Waals surface area contributed by atoms with Gasteiger partial charge < -0.3 is 14.0 Å². The summed E-state index contributed by atoms with van der Waals surface area (Å²) in [6.45, 7) is 16.0. The van der Waals surface area contributed by atoms with E-state index < -0.39 is 0 Å². The molecule has 0 unspecified atom stereocenters. The van der Waals surface area contributed by atoms with Crippen molar-refractivity contribution in [2.75, 3.05) is 0 Å². The van der Waals surface area contributed by atoms with Crippen molar-refractivity contribution in [3.05, 3.63) is 199 Å². The fourth-order valence-electron chi connectivity index (χ4n) is 8.49. The SMILES string of the molecule is CC(C)c1cc(-c2ccc(-c3ccccc3)cc2)cc(C(C)C)c1-n1c(-c2[c-]cc(C(C)(C)C)c3c2oc2ccccc23)nc2ccccc21.[Ir].[c-]1ccccc1-c1ccccn1. The quantitative estimate of drug-likeness (QED) is 0.149. The molecule has 315 valence electrons. The van der Waals surface area contributed by atoms with Gasteiger partial charge in [0.15, 0.2) is 0 Å². The Morgan fingerprint density at radius 2 is 1.24 bits per heavy atom. The summed E-state index contributed by atoms with van der Waals surface area (Å²) in [5.74, 6) is 1.37. The van der Waals surface area contributed by atoms with Crippen molar-refractivity contribution >= 4 is 33.0 Å². The zero-order valence-corrected chi connectivity index (χ0v) is 39.3. The van der Waals surface area contributed by atoms with Crippen LogP contribution in [0.15, 0.2) is 174 Å². The fourth-order valence-corrected chi connectivity index (χ4v) is 8.49. The Morgan fingerprint density at radius 1 is 0.619 bits per heavy atom. The Balaban J connectivity index is 0.000000361. The van der Waals surface area contributed by atoms with E-state index in [1.54, 1.807) is 6.20 Å². The Labute approximate surface area is 385 Å². The van der Waals surface area contributed by atoms with E-state index in [-0.39, 0.29) is 37.4 Å². The predicted molar refractivity (Wildman–Crippen MR) is 259 cm³/mol. The number of furan rings is 1. The van der Waals surface area contributed by atoms with Gasteiger partial charge in [-0.2, -0.15) is 0 Å². The first kappa shape index (κ1) is 43.3. The van der Waals surface area contributed by atoms with Crippen LogP contribution in [0.25, 0.3) is 83.6 Å². The average molecular weight is 998 g/mol. The van der Waals surface area contributed by atoms with Crippen molar-refractivity contribution in [2.24, 2.45) is 0 Å². The van der Waals surface area contributed by atoms with E-state index in [9.17, 15) is 0 Å². The minimum Gasteiger partial charge on any atom is -0.501 e. The van der Waals surface area contributed by atoms with E-state index >= 15 is 0 Å². The number of benzene rings is 7. The molecule has 0 aliphatic carbocycles. The Hall–Kier alpha value is -6.39. The van der Waals surface area contributed by atoms with E-state index in [1.165, 1.54) is 44.6 Å². The maximum Gasteiger partial charge on any atom is 0.120 e. The summed E-state index contributed by atoms with van der Waals surface area (Å²) < 4.78 is 9.14. The van der Waals surface area contributed by atoms with Gasteiger partial charge in [0.1, 0.15) is 5.58 Å². The monoisotopic (exact) mass is 998 g/mol. The van der Waals surface area contributed by atoms with Crippen LogP contribution in [0.2, 0.25) is 0 Å². The van der Waals surface area contributed by atoms with E-state index in [2.05, 4.69) is 185 Å². The fraction of sp³-hybridized carbons (Fsp3) is 0.172. The summed E-state index contributed by atoms with van der Waals surface area (Å²) in [6, 6.07) is 63.9. The Kier molecular flexibility index (Phi) is 12.5. The van der Waals surface area contributed by atoms with Crippen LogP contribution in [0.4, 0.5) is 0 Å². The van der Waals surface area contributed by atoms with Crippen LogP contribution >= 0.6 is 0 Å². The number of nitrogens with zero attached hydrogens (tertiary/aromatic N) is 3. The summed E-state index contributed by atoms with van der Waals surface area (Å²) >= 11 is 0. The second kappa shape index (κ2) is 18.1. The molecule has 3 aromatic heterocycles. The van der Waals surface area contributed by atoms with Gasteiger partial charge in [-0.05, 0) is 92.7 Å². The van der Waals surface area contributed by atoms with Crippen LogP contribution in [0.1, 0.15) is 77.0 Å². The first-order valence-corrected chi connectivity index (χ1v) is 21.6. The second-order valence-corrected chi connectivity index (χ2v) is 17.6. The number of pyridine rings is 1. The van der Waals surface area contributed by atoms with Crippen LogP contribution < -0.4 is 0 Å². The smallest absolute Gasteiger partial charge is 0.120 e. The first-order valence-electron chi connectivity index (χ1n) is 21.6. The Bertz CT molecular complexity index is 3070. The molecule has 0 saturated heterocycles. The normalized spacial score (nSPS) is 11.6. The van der Waals surface area contributed by atoms with Gasteiger partial charge in [0.25, 0.3) is 0 Å². The molecule has 10 aromatic rings. The number of hydrogen-bond donors (Lipinski definition) is 0. The van der Waals surface area contributed by atoms with E-state index in [0.29, 0.717) is 0 Å². The van der Waals surface area contributed by atoms with Crippen LogP contribution in [0.5, 0.6) is 0 Å². The van der Waals surface area contributed by atoms with Crippen LogP contribution in [0.3, 0.4) is 0 Å². The molecule has 5 heteroatoms. The largest absolute Gasteiger partial charge is 0.501 e. The summed E-state index contributed by atoms with van der Waals surface area (Å²) in [7, 11) is 0. The number of rotatable bonds is 7. The molecule has 0 fully saturated rings. The molecule has 0 aliphatic rings. The molecule has 4 nitrogen and oxygen atoms in total. The van der Waals surface area contributed by atoms with Crippen LogP contribution in [-0.4, -0.2) is 14.5 Å². The molecule has 0 N–H and O–H groups in total. The predicted octanol–water partition coefficient (Wildman–Crippen LogP) is 15.8. The van der Waals surface area contributed by atoms with E-state index in [0.717, 1.165) is 55.6 Å². The summed E-state index contributed by atoms with van der Waals surface area (Å²) in [5.41, 5.74) is 16.4. The summed E-state index contributed by atoms with van der Waals surface area (Å²) in [5, 5.41) is 2.27. The molecule has 0 saturated carbocycles. The molecule has 3 heterocycles. The molecular weight excluding hydrogens is 947 g/mol. The van der Waals surface area contributed by atoms with Crippen LogP contribution in [-0.2, 0) is 25.5 Å². The molecular formula is C58H51IrN3O-2. The molecule has 1 radical (unpaired) electrons. The van der Waals surface area contributed by atoms with E-state index in [4.69, 9.17) is 9.40 Å². The molecule has 0 amide bonds. The van der Waals surface area contributed by atoms with Gasteiger partial charge in [-0.1, -0.05) is 156 Å². The van der Waals surface area contributed by atoms with Gasteiger partial charge in [0.2, 0.25) is 0 Å². The minimum absolute atomic E-state index is 0. The molecule has 7 aromatic carbocycles. The standard InChI is InChI=1S/C47H43N2O.C11H8N.Ir/c1-29(2)37-27-34(33-23-21-32(22-24-33)31-15-9-8-10-16-31)28-38(30(3)4)44(37)49-41-19-13-12-18-40(41)48-46(49)36-25-26-39(47(5,6)7)43-35-17-11-14-20-42(35)50-45(36)43;1-2-6-10(7-3-1)11-8-4-5-9-12-11;/h8-24,26-30H,1-7H3;1-6,8-9H;/q2*-1;. The number of fused-ring (bicyclic) bond motifs is 4. The summed E-state index contributed by atoms with van der Waals surface area (Å²) in [6.07, 6.45) is 1.79. The third-order valence-electron chi connectivity index (χ3n) is 11.7. The topological polar surface area (TPSA) is 43.9 Å². The minimum atomic E-state index is -0.0924. The summed E-state index contributed by atoms with van der Waals surface area (Å²) in [4.78, 5) is 9.58. The van der Waals surface area contributed by atoms with Gasteiger partial charge in [-0.25, -0.2) is 0 Å². The maximum absolute atomic E-state index is 6.75. The Morgan fingerprint density at radius 3 is 1.89 bits per heavy atom. The van der Waals surface area contributed by atoms with Crippen molar-refractivity contribution in [1.29, 1.82) is 0 Å². The van der Waals surface area contributed by atoms with Gasteiger partial charge in [0, 0.05) is 37.4 Å². The van der Waals surface area contributed by atoms with Crippen molar-refractivity contribution in [1.82, 2.24) is 14.5 Å². The van der Waals surface area contributed by atoms with Crippen LogP contribution in [0, 0.1) is 12.1 Å². The zero-order chi connectivity index (χ0) is 43.0. The number of aromatic nitrogens is 3. The first-order chi connectivity index (χ1) is 30.1. The average Bonchev–Trinajstić information content (AvgIpc) is 3.88.